The van der Waals surface area contributed by atoms with Crippen molar-refractivity contribution in [2.24, 2.45) is 11.5 Å². The molecule has 2 aromatic carbocycles. The predicted octanol–water partition coefficient (Wildman–Crippen LogP) is 2.60. The number of hydrogen-bond acceptors (Lipinski definition) is 6. The molecule has 0 aliphatic rings. The Hall–Kier alpha value is -3.08. The molecule has 0 saturated carbocycles. The van der Waals surface area contributed by atoms with E-state index in [1.807, 2.05) is 13.8 Å². The van der Waals surface area contributed by atoms with Gasteiger partial charge in [0.25, 0.3) is 0 Å². The molecule has 0 spiro atoms. The lowest BCUT2D eigenvalue weighted by Crippen LogP contribution is -2.51. The molecule has 0 aromatic heterocycles. The molecule has 38 heavy (non-hydrogen) atoms. The summed E-state index contributed by atoms with van der Waals surface area (Å²) in [5.41, 5.74) is 13.4. The minimum absolute atomic E-state index is 0.00935. The maximum Gasteiger partial charge on any atom is 0.240 e. The van der Waals surface area contributed by atoms with Gasteiger partial charge in [-0.15, -0.1) is 0 Å². The lowest BCUT2D eigenvalue weighted by atomic mass is 10.0. The number of hydrogen-bond donors (Lipinski definition) is 3. The van der Waals surface area contributed by atoms with E-state index >= 15 is 0 Å². The van der Waals surface area contributed by atoms with Crippen LogP contribution >= 0.6 is 0 Å². The van der Waals surface area contributed by atoms with Crippen molar-refractivity contribution in [1.82, 2.24) is 9.80 Å². The minimum atomic E-state index is -1.23. The Labute approximate surface area is 223 Å². The summed E-state index contributed by atoms with van der Waals surface area (Å²) in [5, 5.41) is 10.9. The Kier molecular flexibility index (Phi) is 12.6. The van der Waals surface area contributed by atoms with Crippen LogP contribution in [0.2, 0.25) is 0 Å². The molecule has 0 aliphatic carbocycles. The first-order chi connectivity index (χ1) is 18.1. The monoisotopic (exact) mass is 534 g/mol. The van der Waals surface area contributed by atoms with Crippen molar-refractivity contribution < 1.29 is 28.2 Å². The number of nitrogens with two attached hydrogens (primary N) is 2. The largest absolute Gasteiger partial charge is 0.497 e. The number of methoxy groups -OCH3 is 1. The zero-order valence-corrected chi connectivity index (χ0v) is 22.4. The molecule has 0 aliphatic heterocycles. The molecule has 8 nitrogen and oxygen atoms in total. The van der Waals surface area contributed by atoms with Crippen LogP contribution < -0.4 is 16.2 Å². The van der Waals surface area contributed by atoms with Crippen molar-refractivity contribution in [1.29, 1.82) is 0 Å². The van der Waals surface area contributed by atoms with Gasteiger partial charge in [-0.3, -0.25) is 9.59 Å². The molecule has 10 heteroatoms. The molecule has 2 amide bonds. The normalized spacial score (nSPS) is 13.5. The van der Waals surface area contributed by atoms with E-state index in [2.05, 4.69) is 0 Å². The molecule has 0 saturated heterocycles. The lowest BCUT2D eigenvalue weighted by molar-refractivity contribution is -0.139. The van der Waals surface area contributed by atoms with Crippen molar-refractivity contribution in [3.8, 4) is 5.75 Å². The number of aliphatic hydroxyl groups excluding tert-OH is 1. The van der Waals surface area contributed by atoms with Crippen molar-refractivity contribution in [2.45, 2.75) is 64.3 Å². The number of nitrogens with zero attached hydrogens (tertiary/aromatic N) is 2. The second-order valence-electron chi connectivity index (χ2n) is 9.47. The molecule has 0 fully saturated rings. The van der Waals surface area contributed by atoms with E-state index in [9.17, 15) is 23.5 Å². The molecule has 2 rings (SSSR count). The Morgan fingerprint density at radius 2 is 1.61 bits per heavy atom. The van der Waals surface area contributed by atoms with E-state index in [1.54, 1.807) is 29.2 Å². The highest BCUT2D eigenvalue weighted by atomic mass is 19.1. The summed E-state index contributed by atoms with van der Waals surface area (Å²) in [6.07, 6.45) is 0.172. The van der Waals surface area contributed by atoms with E-state index in [4.69, 9.17) is 16.2 Å². The van der Waals surface area contributed by atoms with Crippen LogP contribution in [-0.2, 0) is 22.6 Å². The first kappa shape index (κ1) is 31.1. The predicted molar refractivity (Wildman–Crippen MR) is 142 cm³/mol. The molecular weight excluding hydrogens is 494 g/mol. The fourth-order valence-electron chi connectivity index (χ4n) is 4.26. The van der Waals surface area contributed by atoms with Gasteiger partial charge in [0.1, 0.15) is 17.4 Å². The van der Waals surface area contributed by atoms with E-state index in [-0.39, 0.29) is 37.4 Å². The van der Waals surface area contributed by atoms with Crippen molar-refractivity contribution in [3.63, 3.8) is 0 Å². The zero-order chi connectivity index (χ0) is 28.2. The molecule has 1 unspecified atom stereocenters. The quantitative estimate of drug-likeness (QED) is 0.323. The highest BCUT2D eigenvalue weighted by Crippen LogP contribution is 2.17. The van der Waals surface area contributed by atoms with Gasteiger partial charge in [-0.05, 0) is 54.7 Å². The topological polar surface area (TPSA) is 122 Å². The average molecular weight is 535 g/mol. The maximum absolute atomic E-state index is 13.6. The van der Waals surface area contributed by atoms with Crippen molar-refractivity contribution in [2.75, 3.05) is 26.7 Å². The van der Waals surface area contributed by atoms with Gasteiger partial charge in [-0.2, -0.15) is 0 Å². The number of carbonyl (C=O) groups excluding carboxylic acids is 2. The van der Waals surface area contributed by atoms with Gasteiger partial charge >= 0.3 is 0 Å². The van der Waals surface area contributed by atoms with Gasteiger partial charge in [0.15, 0.2) is 0 Å². The number of amides is 2. The molecule has 3 atom stereocenters. The second-order valence-corrected chi connectivity index (χ2v) is 9.47. The first-order valence-electron chi connectivity index (χ1n) is 12.9. The molecule has 210 valence electrons. The number of rotatable bonds is 15. The molecule has 0 bridgehead atoms. The van der Waals surface area contributed by atoms with E-state index in [0.717, 1.165) is 36.6 Å². The lowest BCUT2D eigenvalue weighted by Gasteiger charge is -2.31. The van der Waals surface area contributed by atoms with Crippen molar-refractivity contribution in [3.05, 3.63) is 65.2 Å². The zero-order valence-electron chi connectivity index (χ0n) is 22.4. The third-order valence-electron chi connectivity index (χ3n) is 6.17. The fraction of sp³-hybridized carbons (Fsp3) is 0.500. The standard InChI is InChI=1S/C28H40F2N4O4/c1-4-9-33(10-5-2)27(36)16-25(32)28(37)34(17-19-7-6-8-23(13-19)38-3)18-26(35)24(31)14-20-11-21(29)15-22(30)12-20/h6-8,11-13,15,24-26,35H,4-5,9-10,14,16-18,31-32H2,1-3H3/t24-,25?,26+/m0/s1. The maximum atomic E-state index is 13.6. The van der Waals surface area contributed by atoms with E-state index in [0.29, 0.717) is 18.8 Å². The van der Waals surface area contributed by atoms with Gasteiger partial charge < -0.3 is 31.1 Å². The second kappa shape index (κ2) is 15.4. The summed E-state index contributed by atoms with van der Waals surface area (Å²) in [7, 11) is 1.53. The third kappa shape index (κ3) is 9.66. The minimum Gasteiger partial charge on any atom is -0.497 e. The molecule has 0 heterocycles. The average Bonchev–Trinajstić information content (AvgIpc) is 2.87. The summed E-state index contributed by atoms with van der Waals surface area (Å²) in [6, 6.07) is 8.10. The van der Waals surface area contributed by atoms with Gasteiger partial charge in [0.05, 0.1) is 25.7 Å². The number of carbonyl (C=O) groups is 2. The van der Waals surface area contributed by atoms with Crippen LogP contribution in [0.4, 0.5) is 8.78 Å². The van der Waals surface area contributed by atoms with Gasteiger partial charge in [-0.25, -0.2) is 8.78 Å². The highest BCUT2D eigenvalue weighted by molar-refractivity contribution is 5.88. The van der Waals surface area contributed by atoms with Crippen LogP contribution in [0.15, 0.2) is 42.5 Å². The number of benzene rings is 2. The van der Waals surface area contributed by atoms with Crippen LogP contribution in [0.3, 0.4) is 0 Å². The molecule has 5 N–H and O–H groups in total. The summed E-state index contributed by atoms with van der Waals surface area (Å²) < 4.78 is 32.5. The molecule has 2 aromatic rings. The van der Waals surface area contributed by atoms with Crippen LogP contribution in [0.5, 0.6) is 5.75 Å². The first-order valence-corrected chi connectivity index (χ1v) is 12.9. The molecular formula is C28H40F2N4O4. The van der Waals surface area contributed by atoms with Crippen LogP contribution in [-0.4, -0.2) is 71.7 Å². The summed E-state index contributed by atoms with van der Waals surface area (Å²) in [6.45, 7) is 5.00. The van der Waals surface area contributed by atoms with Crippen LogP contribution in [0.25, 0.3) is 0 Å². The van der Waals surface area contributed by atoms with Crippen LogP contribution in [0.1, 0.15) is 44.2 Å². The number of aliphatic hydroxyl groups is 1. The summed E-state index contributed by atoms with van der Waals surface area (Å²) >= 11 is 0. The van der Waals surface area contributed by atoms with Crippen molar-refractivity contribution >= 4 is 11.8 Å². The summed E-state index contributed by atoms with van der Waals surface area (Å²) in [4.78, 5) is 29.3. The van der Waals surface area contributed by atoms with Gasteiger partial charge in [-0.1, -0.05) is 26.0 Å². The Balaban J connectivity index is 2.20. The Bertz CT molecular complexity index is 1030. The SMILES string of the molecule is CCCN(CCC)C(=O)CC(N)C(=O)N(Cc1cccc(OC)c1)C[C@@H](O)[C@@H](N)Cc1cc(F)cc(F)c1. The summed E-state index contributed by atoms with van der Waals surface area (Å²) in [5.74, 6) is -1.62. The smallest absolute Gasteiger partial charge is 0.240 e. The van der Waals surface area contributed by atoms with E-state index < -0.39 is 35.7 Å². The Morgan fingerprint density at radius 1 is 0.974 bits per heavy atom. The number of ether oxygens (including phenoxy) is 1. The Morgan fingerprint density at radius 3 is 2.18 bits per heavy atom. The highest BCUT2D eigenvalue weighted by Gasteiger charge is 2.29. The van der Waals surface area contributed by atoms with Gasteiger partial charge in [0, 0.05) is 38.3 Å². The molecule has 0 radical (unpaired) electrons. The van der Waals surface area contributed by atoms with Gasteiger partial charge in [0.2, 0.25) is 11.8 Å². The number of halogens is 2. The fourth-order valence-corrected chi connectivity index (χ4v) is 4.26. The van der Waals surface area contributed by atoms with E-state index in [1.165, 1.54) is 12.0 Å². The van der Waals surface area contributed by atoms with Crippen LogP contribution in [0, 0.1) is 11.6 Å². The third-order valence-corrected chi connectivity index (χ3v) is 6.17.